The number of rotatable bonds is 16. The topological polar surface area (TPSA) is 142 Å². The highest BCUT2D eigenvalue weighted by molar-refractivity contribution is 5.69. The van der Waals surface area contributed by atoms with Gasteiger partial charge in [0, 0.05) is 39.3 Å². The quantitative estimate of drug-likeness (QED) is 0.200. The predicted molar refractivity (Wildman–Crippen MR) is 87.2 cm³/mol. The van der Waals surface area contributed by atoms with Crippen molar-refractivity contribution in [2.45, 2.75) is 6.92 Å². The van der Waals surface area contributed by atoms with Gasteiger partial charge in [0.25, 0.3) is 0 Å². The van der Waals surface area contributed by atoms with E-state index in [1.807, 2.05) is 6.92 Å². The third kappa shape index (κ3) is 13.9. The second-order valence-electron chi connectivity index (χ2n) is 5.26. The third-order valence-electron chi connectivity index (χ3n) is 3.19. The van der Waals surface area contributed by atoms with Crippen LogP contribution < -0.4 is 10.6 Å². The van der Waals surface area contributed by atoms with Gasteiger partial charge in [-0.2, -0.15) is 0 Å². The van der Waals surface area contributed by atoms with Gasteiger partial charge >= 0.3 is 17.9 Å². The van der Waals surface area contributed by atoms with Crippen LogP contribution in [0.3, 0.4) is 0 Å². The maximum Gasteiger partial charge on any atom is 0.317 e. The molecule has 10 heteroatoms. The monoisotopic (exact) mass is 348 g/mol. The molecular weight excluding hydrogens is 320 g/mol. The number of hydrogen-bond donors (Lipinski definition) is 5. The first-order valence-electron chi connectivity index (χ1n) is 7.86. The molecule has 24 heavy (non-hydrogen) atoms. The first kappa shape index (κ1) is 22.2. The SMILES string of the molecule is CCNCCN(CCN(CCNCC(=O)O)CC(=O)O)CC(=O)O. The minimum Gasteiger partial charge on any atom is -0.480 e. The Morgan fingerprint density at radius 2 is 1.21 bits per heavy atom. The molecule has 0 heterocycles. The molecule has 0 aromatic rings. The van der Waals surface area contributed by atoms with E-state index in [1.165, 1.54) is 0 Å². The highest BCUT2D eigenvalue weighted by Crippen LogP contribution is 1.93. The van der Waals surface area contributed by atoms with E-state index in [0.717, 1.165) is 6.54 Å². The Morgan fingerprint density at radius 3 is 1.58 bits per heavy atom. The highest BCUT2D eigenvalue weighted by Gasteiger charge is 2.14. The second-order valence-corrected chi connectivity index (χ2v) is 5.26. The summed E-state index contributed by atoms with van der Waals surface area (Å²) in [7, 11) is 0. The zero-order valence-electron chi connectivity index (χ0n) is 14.0. The fourth-order valence-corrected chi connectivity index (χ4v) is 2.05. The number of nitrogens with zero attached hydrogens (tertiary/aromatic N) is 2. The van der Waals surface area contributed by atoms with Crippen LogP contribution in [0.2, 0.25) is 0 Å². The number of aliphatic carboxylic acids is 3. The maximum atomic E-state index is 10.9. The number of hydrogen-bond acceptors (Lipinski definition) is 7. The molecule has 0 aliphatic rings. The minimum absolute atomic E-state index is 0.108. The van der Waals surface area contributed by atoms with Crippen molar-refractivity contribution in [2.75, 3.05) is 65.4 Å². The van der Waals surface area contributed by atoms with Gasteiger partial charge in [0.1, 0.15) is 0 Å². The van der Waals surface area contributed by atoms with Crippen LogP contribution in [0.15, 0.2) is 0 Å². The lowest BCUT2D eigenvalue weighted by atomic mass is 10.3. The fraction of sp³-hybridized carbons (Fsp3) is 0.786. The van der Waals surface area contributed by atoms with Crippen molar-refractivity contribution in [3.63, 3.8) is 0 Å². The van der Waals surface area contributed by atoms with Crippen molar-refractivity contribution >= 4 is 17.9 Å². The van der Waals surface area contributed by atoms with Crippen LogP contribution in [0.5, 0.6) is 0 Å². The summed E-state index contributed by atoms with van der Waals surface area (Å²) >= 11 is 0. The number of carbonyl (C=O) groups is 3. The van der Waals surface area contributed by atoms with Crippen LogP contribution in [0, 0.1) is 0 Å². The summed E-state index contributed by atoms with van der Waals surface area (Å²) in [6.45, 7) is 5.01. The summed E-state index contributed by atoms with van der Waals surface area (Å²) in [5.41, 5.74) is 0. The third-order valence-corrected chi connectivity index (χ3v) is 3.19. The van der Waals surface area contributed by atoms with Crippen LogP contribution in [0.4, 0.5) is 0 Å². The van der Waals surface area contributed by atoms with Crippen molar-refractivity contribution in [3.05, 3.63) is 0 Å². The van der Waals surface area contributed by atoms with E-state index in [2.05, 4.69) is 10.6 Å². The smallest absolute Gasteiger partial charge is 0.317 e. The molecule has 0 aromatic heterocycles. The average Bonchev–Trinajstić information content (AvgIpc) is 2.47. The number of likely N-dealkylation sites (N-methyl/N-ethyl adjacent to an activating group) is 1. The molecule has 0 spiro atoms. The lowest BCUT2D eigenvalue weighted by Gasteiger charge is -2.26. The Bertz CT molecular complexity index is 393. The highest BCUT2D eigenvalue weighted by atomic mass is 16.4. The van der Waals surface area contributed by atoms with Crippen molar-refractivity contribution in [1.29, 1.82) is 0 Å². The van der Waals surface area contributed by atoms with Crippen LogP contribution >= 0.6 is 0 Å². The van der Waals surface area contributed by atoms with E-state index in [1.54, 1.807) is 9.80 Å². The molecule has 0 aromatic carbocycles. The molecule has 5 N–H and O–H groups in total. The zero-order chi connectivity index (χ0) is 18.4. The van der Waals surface area contributed by atoms with E-state index in [4.69, 9.17) is 15.3 Å². The van der Waals surface area contributed by atoms with E-state index >= 15 is 0 Å². The van der Waals surface area contributed by atoms with Crippen LogP contribution in [0.25, 0.3) is 0 Å². The molecule has 0 aliphatic heterocycles. The lowest BCUT2D eigenvalue weighted by Crippen LogP contribution is -2.44. The van der Waals surface area contributed by atoms with Crippen LogP contribution in [-0.4, -0.2) is 108 Å². The summed E-state index contributed by atoms with van der Waals surface area (Å²) in [6, 6.07) is 0. The summed E-state index contributed by atoms with van der Waals surface area (Å²) in [5, 5.41) is 32.2. The van der Waals surface area contributed by atoms with Crippen molar-refractivity contribution in [3.8, 4) is 0 Å². The Morgan fingerprint density at radius 1 is 0.750 bits per heavy atom. The standard InChI is InChI=1S/C14H28N4O6/c1-2-15-3-5-17(10-13(21)22)7-8-18(11-14(23)24)6-4-16-9-12(19)20/h15-16H,2-11H2,1H3,(H,19,20)(H,21,22)(H,23,24). The van der Waals surface area contributed by atoms with Gasteiger partial charge in [0.2, 0.25) is 0 Å². The average molecular weight is 348 g/mol. The maximum absolute atomic E-state index is 10.9. The molecule has 0 amide bonds. The van der Waals surface area contributed by atoms with Gasteiger partial charge in [0.15, 0.2) is 0 Å². The molecule has 0 radical (unpaired) electrons. The summed E-state index contributed by atoms with van der Waals surface area (Å²) < 4.78 is 0. The number of nitrogens with one attached hydrogen (secondary N) is 2. The summed E-state index contributed by atoms with van der Waals surface area (Å²) in [4.78, 5) is 35.6. The zero-order valence-corrected chi connectivity index (χ0v) is 14.0. The summed E-state index contributed by atoms with van der Waals surface area (Å²) in [5.74, 6) is -2.89. The first-order valence-corrected chi connectivity index (χ1v) is 7.86. The molecule has 0 saturated heterocycles. The largest absolute Gasteiger partial charge is 0.480 e. The molecule has 0 unspecified atom stereocenters. The Labute approximate surface area is 141 Å². The molecule has 0 rings (SSSR count). The van der Waals surface area contributed by atoms with Gasteiger partial charge in [-0.25, -0.2) is 0 Å². The van der Waals surface area contributed by atoms with Crippen molar-refractivity contribution in [2.24, 2.45) is 0 Å². The van der Waals surface area contributed by atoms with E-state index in [-0.39, 0.29) is 19.6 Å². The predicted octanol–water partition coefficient (Wildman–Crippen LogP) is -1.96. The normalized spacial score (nSPS) is 11.1. The van der Waals surface area contributed by atoms with Gasteiger partial charge in [-0.3, -0.25) is 24.2 Å². The van der Waals surface area contributed by atoms with Gasteiger partial charge in [-0.1, -0.05) is 6.92 Å². The first-order chi connectivity index (χ1) is 11.3. The molecule has 140 valence electrons. The van der Waals surface area contributed by atoms with Crippen LogP contribution in [-0.2, 0) is 14.4 Å². The molecule has 0 atom stereocenters. The lowest BCUT2D eigenvalue weighted by molar-refractivity contribution is -0.140. The summed E-state index contributed by atoms with van der Waals surface area (Å²) in [6.07, 6.45) is 0. The number of carboxylic acids is 3. The van der Waals surface area contributed by atoms with Gasteiger partial charge < -0.3 is 26.0 Å². The Hall–Kier alpha value is -1.75. The van der Waals surface area contributed by atoms with Crippen LogP contribution in [0.1, 0.15) is 6.92 Å². The van der Waals surface area contributed by atoms with Gasteiger partial charge in [-0.15, -0.1) is 0 Å². The number of carboxylic acid groups (broad SMARTS) is 3. The van der Waals surface area contributed by atoms with Gasteiger partial charge in [-0.05, 0) is 6.54 Å². The molecular formula is C14H28N4O6. The molecule has 0 bridgehead atoms. The fourth-order valence-electron chi connectivity index (χ4n) is 2.05. The van der Waals surface area contributed by atoms with E-state index < -0.39 is 17.9 Å². The Kier molecular flexibility index (Phi) is 12.7. The molecule has 10 nitrogen and oxygen atoms in total. The van der Waals surface area contributed by atoms with Crippen molar-refractivity contribution in [1.82, 2.24) is 20.4 Å². The molecule has 0 aliphatic carbocycles. The van der Waals surface area contributed by atoms with Crippen molar-refractivity contribution < 1.29 is 29.7 Å². The molecule has 0 fully saturated rings. The Balaban J connectivity index is 4.35. The van der Waals surface area contributed by atoms with Gasteiger partial charge in [0.05, 0.1) is 19.6 Å². The van der Waals surface area contributed by atoms with E-state index in [0.29, 0.717) is 39.3 Å². The minimum atomic E-state index is -0.981. The van der Waals surface area contributed by atoms with E-state index in [9.17, 15) is 14.4 Å². The second kappa shape index (κ2) is 13.7. The molecule has 0 saturated carbocycles.